The topological polar surface area (TPSA) is 70.2 Å². The van der Waals surface area contributed by atoms with Crippen molar-refractivity contribution in [3.05, 3.63) is 23.2 Å². The Morgan fingerprint density at radius 1 is 1.46 bits per heavy atom. The van der Waals surface area contributed by atoms with Gasteiger partial charge in [-0.2, -0.15) is 0 Å². The number of carbonyl (C=O) groups excluding carboxylic acids is 2. The second-order valence-electron chi connectivity index (χ2n) is 6.08. The van der Waals surface area contributed by atoms with E-state index in [0.717, 1.165) is 30.1 Å². The molecule has 0 radical (unpaired) electrons. The molecule has 3 unspecified atom stereocenters. The van der Waals surface area contributed by atoms with Gasteiger partial charge in [0.25, 0.3) is 0 Å². The monoisotopic (exact) mass is 389 g/mol. The molecule has 3 atom stereocenters. The predicted octanol–water partition coefficient (Wildman–Crippen LogP) is 2.68. The molecular formula is C16H21Cl2N3O2S. The molecule has 0 aliphatic carbocycles. The maximum Gasteiger partial charge on any atom is 0.238 e. The first-order valence-corrected chi connectivity index (χ1v) is 9.06. The van der Waals surface area contributed by atoms with Gasteiger partial charge in [0.15, 0.2) is 0 Å². The van der Waals surface area contributed by atoms with Gasteiger partial charge in [0, 0.05) is 22.4 Å². The van der Waals surface area contributed by atoms with E-state index in [4.69, 9.17) is 11.6 Å². The molecule has 0 saturated carbocycles. The van der Waals surface area contributed by atoms with Gasteiger partial charge < -0.3 is 16.0 Å². The number of anilines is 1. The molecule has 24 heavy (non-hydrogen) atoms. The molecule has 1 fully saturated rings. The summed E-state index contributed by atoms with van der Waals surface area (Å²) < 4.78 is 0. The maximum atomic E-state index is 12.3. The van der Waals surface area contributed by atoms with E-state index in [1.165, 1.54) is 11.8 Å². The third-order valence-electron chi connectivity index (χ3n) is 4.26. The van der Waals surface area contributed by atoms with Crippen molar-refractivity contribution in [1.29, 1.82) is 0 Å². The molecule has 5 nitrogen and oxygen atoms in total. The molecule has 2 aliphatic heterocycles. The van der Waals surface area contributed by atoms with E-state index in [9.17, 15) is 9.59 Å². The van der Waals surface area contributed by atoms with E-state index >= 15 is 0 Å². The third kappa shape index (κ3) is 4.57. The summed E-state index contributed by atoms with van der Waals surface area (Å²) in [5.41, 5.74) is 0.719. The number of hydrogen-bond acceptors (Lipinski definition) is 4. The van der Waals surface area contributed by atoms with E-state index in [1.54, 1.807) is 12.1 Å². The number of rotatable bonds is 3. The summed E-state index contributed by atoms with van der Waals surface area (Å²) in [6, 6.07) is 5.58. The first-order valence-electron chi connectivity index (χ1n) is 7.80. The second-order valence-corrected chi connectivity index (χ2v) is 7.77. The number of halogens is 2. The summed E-state index contributed by atoms with van der Waals surface area (Å²) in [6.45, 7) is 3.96. The molecule has 2 heterocycles. The van der Waals surface area contributed by atoms with E-state index in [2.05, 4.69) is 22.9 Å². The summed E-state index contributed by atoms with van der Waals surface area (Å²) in [7, 11) is 0. The van der Waals surface area contributed by atoms with Crippen LogP contribution >= 0.6 is 35.8 Å². The molecule has 3 rings (SSSR count). The molecule has 0 spiro atoms. The minimum Gasteiger partial charge on any atom is -0.353 e. The van der Waals surface area contributed by atoms with Crippen molar-refractivity contribution in [1.82, 2.24) is 10.6 Å². The Hall–Kier alpha value is -0.950. The lowest BCUT2D eigenvalue weighted by atomic mass is 9.95. The zero-order valence-electron chi connectivity index (χ0n) is 13.3. The molecule has 2 aliphatic rings. The number of nitrogens with one attached hydrogen (secondary N) is 3. The van der Waals surface area contributed by atoms with Crippen molar-refractivity contribution in [3.8, 4) is 0 Å². The van der Waals surface area contributed by atoms with Crippen molar-refractivity contribution < 1.29 is 9.59 Å². The molecule has 3 N–H and O–H groups in total. The molecule has 1 aromatic carbocycles. The van der Waals surface area contributed by atoms with Gasteiger partial charge in [0.1, 0.15) is 0 Å². The Morgan fingerprint density at radius 2 is 2.25 bits per heavy atom. The summed E-state index contributed by atoms with van der Waals surface area (Å²) >= 11 is 7.36. The lowest BCUT2D eigenvalue weighted by Crippen LogP contribution is -2.49. The van der Waals surface area contributed by atoms with Crippen molar-refractivity contribution in [2.45, 2.75) is 36.0 Å². The van der Waals surface area contributed by atoms with Gasteiger partial charge in [-0.25, -0.2) is 0 Å². The lowest BCUT2D eigenvalue weighted by molar-refractivity contribution is -0.125. The Labute approximate surface area is 157 Å². The largest absolute Gasteiger partial charge is 0.353 e. The number of piperidine rings is 1. The van der Waals surface area contributed by atoms with Crippen LogP contribution in [0.2, 0.25) is 5.02 Å². The zero-order valence-corrected chi connectivity index (χ0v) is 15.7. The van der Waals surface area contributed by atoms with Crippen molar-refractivity contribution in [3.63, 3.8) is 0 Å². The third-order valence-corrected chi connectivity index (χ3v) is 5.77. The van der Waals surface area contributed by atoms with Crippen LogP contribution in [0.25, 0.3) is 0 Å². The first-order chi connectivity index (χ1) is 11.0. The minimum absolute atomic E-state index is 0. The summed E-state index contributed by atoms with van der Waals surface area (Å²) in [4.78, 5) is 25.4. The molecule has 0 aromatic heterocycles. The predicted molar refractivity (Wildman–Crippen MR) is 100 cm³/mol. The van der Waals surface area contributed by atoms with Gasteiger partial charge in [-0.1, -0.05) is 18.5 Å². The van der Waals surface area contributed by atoms with Crippen LogP contribution in [0.5, 0.6) is 0 Å². The number of fused-ring (bicyclic) bond motifs is 1. The number of benzene rings is 1. The zero-order chi connectivity index (χ0) is 16.4. The van der Waals surface area contributed by atoms with Crippen LogP contribution in [0.3, 0.4) is 0 Å². The van der Waals surface area contributed by atoms with Crippen LogP contribution in [0, 0.1) is 5.92 Å². The molecular weight excluding hydrogens is 369 g/mol. The Bertz CT molecular complexity index is 629. The SMILES string of the molecule is CC1CNCCC1NC(=O)CC1Sc2ccc(Cl)cc2NC1=O.Cl. The molecule has 132 valence electrons. The summed E-state index contributed by atoms with van der Waals surface area (Å²) in [5, 5.41) is 9.40. The van der Waals surface area contributed by atoms with Gasteiger partial charge >= 0.3 is 0 Å². The minimum atomic E-state index is -0.402. The number of hydrogen-bond donors (Lipinski definition) is 3. The number of amides is 2. The van der Waals surface area contributed by atoms with E-state index in [1.807, 2.05) is 6.07 Å². The van der Waals surface area contributed by atoms with Crippen molar-refractivity contribution >= 4 is 53.3 Å². The smallest absolute Gasteiger partial charge is 0.238 e. The van der Waals surface area contributed by atoms with Gasteiger partial charge in [0.2, 0.25) is 11.8 Å². The van der Waals surface area contributed by atoms with E-state index in [-0.39, 0.29) is 36.7 Å². The Balaban J connectivity index is 0.00000208. The fourth-order valence-corrected chi connectivity index (χ4v) is 4.18. The van der Waals surface area contributed by atoms with Gasteiger partial charge in [-0.3, -0.25) is 9.59 Å². The molecule has 0 bridgehead atoms. The van der Waals surface area contributed by atoms with E-state index in [0.29, 0.717) is 10.9 Å². The van der Waals surface area contributed by atoms with Crippen LogP contribution in [-0.2, 0) is 9.59 Å². The van der Waals surface area contributed by atoms with Crippen molar-refractivity contribution in [2.75, 3.05) is 18.4 Å². The summed E-state index contributed by atoms with van der Waals surface area (Å²) in [6.07, 6.45) is 1.12. The van der Waals surface area contributed by atoms with Gasteiger partial charge in [-0.15, -0.1) is 24.2 Å². The maximum absolute atomic E-state index is 12.3. The molecule has 1 aromatic rings. The van der Waals surface area contributed by atoms with Crippen LogP contribution in [0.4, 0.5) is 5.69 Å². The van der Waals surface area contributed by atoms with Crippen LogP contribution in [0.1, 0.15) is 19.8 Å². The second kappa shape index (κ2) is 8.43. The highest BCUT2D eigenvalue weighted by atomic mass is 35.5. The molecule has 2 amide bonds. The fraction of sp³-hybridized carbons (Fsp3) is 0.500. The Kier molecular flexibility index (Phi) is 6.80. The molecule has 1 saturated heterocycles. The highest BCUT2D eigenvalue weighted by Crippen LogP contribution is 2.38. The number of carbonyl (C=O) groups is 2. The van der Waals surface area contributed by atoms with Crippen LogP contribution in [-0.4, -0.2) is 36.2 Å². The van der Waals surface area contributed by atoms with Gasteiger partial charge in [0.05, 0.1) is 10.9 Å². The van der Waals surface area contributed by atoms with Gasteiger partial charge in [-0.05, 0) is 43.6 Å². The quantitative estimate of drug-likeness (QED) is 0.742. The molecule has 8 heteroatoms. The highest BCUT2D eigenvalue weighted by Gasteiger charge is 2.30. The van der Waals surface area contributed by atoms with Crippen LogP contribution < -0.4 is 16.0 Å². The lowest BCUT2D eigenvalue weighted by Gasteiger charge is -2.31. The number of thioether (sulfide) groups is 1. The fourth-order valence-electron chi connectivity index (χ4n) is 2.92. The summed E-state index contributed by atoms with van der Waals surface area (Å²) in [5.74, 6) is 0.204. The Morgan fingerprint density at radius 3 is 3.00 bits per heavy atom. The normalized spacial score (nSPS) is 25.9. The average molecular weight is 390 g/mol. The van der Waals surface area contributed by atoms with Crippen molar-refractivity contribution in [2.24, 2.45) is 5.92 Å². The standard InChI is InChI=1S/C16H20ClN3O2S.ClH/c1-9-8-18-5-4-11(9)19-15(21)7-14-16(22)20-12-6-10(17)2-3-13(12)23-14;/h2-3,6,9,11,14,18H,4-5,7-8H2,1H3,(H,19,21)(H,20,22);1H. The van der Waals surface area contributed by atoms with E-state index < -0.39 is 5.25 Å². The van der Waals surface area contributed by atoms with Crippen LogP contribution in [0.15, 0.2) is 23.1 Å². The highest BCUT2D eigenvalue weighted by molar-refractivity contribution is 8.01. The average Bonchev–Trinajstić information content (AvgIpc) is 2.50. The first kappa shape index (κ1) is 19.4.